The molecule has 0 unspecified atom stereocenters. The molecular weight excluding hydrogens is 234 g/mol. The summed E-state index contributed by atoms with van der Waals surface area (Å²) in [6, 6.07) is 22.0. The van der Waals surface area contributed by atoms with Gasteiger partial charge in [-0.2, -0.15) is 0 Å². The van der Waals surface area contributed by atoms with Gasteiger partial charge in [-0.3, -0.25) is 4.79 Å². The Morgan fingerprint density at radius 3 is 2.32 bits per heavy atom. The van der Waals surface area contributed by atoms with Gasteiger partial charge in [-0.1, -0.05) is 48.5 Å². The largest absolute Gasteiger partial charge is 0.314 e. The molecule has 1 heterocycles. The summed E-state index contributed by atoms with van der Waals surface area (Å²) in [6.07, 6.45) is 2.78. The summed E-state index contributed by atoms with van der Waals surface area (Å²) < 4.78 is 1.91. The fourth-order valence-corrected chi connectivity index (χ4v) is 2.26. The van der Waals surface area contributed by atoms with Gasteiger partial charge < -0.3 is 4.57 Å². The number of para-hydroxylation sites is 1. The van der Waals surface area contributed by atoms with E-state index in [-0.39, 0.29) is 0 Å². The van der Waals surface area contributed by atoms with Gasteiger partial charge in [-0.05, 0) is 23.8 Å². The molecule has 0 saturated carbocycles. The quantitative estimate of drug-likeness (QED) is 0.642. The Labute approximate surface area is 111 Å². The van der Waals surface area contributed by atoms with Crippen LogP contribution in [-0.2, 0) is 0 Å². The van der Waals surface area contributed by atoms with Gasteiger partial charge in [0.05, 0.1) is 11.4 Å². The molecule has 92 valence electrons. The van der Waals surface area contributed by atoms with E-state index in [4.69, 9.17) is 0 Å². The molecule has 0 fully saturated rings. The van der Waals surface area contributed by atoms with Crippen LogP contribution in [0, 0.1) is 0 Å². The number of hydrogen-bond acceptors (Lipinski definition) is 1. The van der Waals surface area contributed by atoms with Gasteiger partial charge in [0.25, 0.3) is 0 Å². The molecule has 1 aromatic heterocycles. The Morgan fingerprint density at radius 2 is 1.53 bits per heavy atom. The smallest absolute Gasteiger partial charge is 0.166 e. The predicted molar refractivity (Wildman–Crippen MR) is 76.6 cm³/mol. The lowest BCUT2D eigenvalue weighted by Crippen LogP contribution is -1.99. The SMILES string of the molecule is O=Cc1cccn1-c1ccccc1-c1ccccc1. The molecular formula is C17H13NO. The van der Waals surface area contributed by atoms with Gasteiger partial charge in [0.2, 0.25) is 0 Å². The van der Waals surface area contributed by atoms with Gasteiger partial charge in [0, 0.05) is 11.8 Å². The van der Waals surface area contributed by atoms with E-state index in [9.17, 15) is 4.79 Å². The van der Waals surface area contributed by atoms with Crippen LogP contribution in [0.4, 0.5) is 0 Å². The zero-order chi connectivity index (χ0) is 13.1. The van der Waals surface area contributed by atoms with Crippen LogP contribution in [0.5, 0.6) is 0 Å². The van der Waals surface area contributed by atoms with Crippen molar-refractivity contribution in [1.29, 1.82) is 0 Å². The van der Waals surface area contributed by atoms with Crippen molar-refractivity contribution in [1.82, 2.24) is 4.57 Å². The average molecular weight is 247 g/mol. The Kier molecular flexibility index (Phi) is 2.99. The van der Waals surface area contributed by atoms with Gasteiger partial charge in [-0.15, -0.1) is 0 Å². The topological polar surface area (TPSA) is 22.0 Å². The highest BCUT2D eigenvalue weighted by molar-refractivity contribution is 5.78. The summed E-state index contributed by atoms with van der Waals surface area (Å²) in [7, 11) is 0. The molecule has 0 saturated heterocycles. The first kappa shape index (κ1) is 11.5. The minimum atomic E-state index is 0.656. The van der Waals surface area contributed by atoms with Crippen LogP contribution >= 0.6 is 0 Å². The van der Waals surface area contributed by atoms with E-state index >= 15 is 0 Å². The van der Waals surface area contributed by atoms with Crippen molar-refractivity contribution < 1.29 is 4.79 Å². The number of carbonyl (C=O) groups excluding carboxylic acids is 1. The first-order valence-corrected chi connectivity index (χ1v) is 6.17. The third-order valence-electron chi connectivity index (χ3n) is 3.15. The fourth-order valence-electron chi connectivity index (χ4n) is 2.26. The minimum Gasteiger partial charge on any atom is -0.314 e. The molecule has 19 heavy (non-hydrogen) atoms. The number of aromatic nitrogens is 1. The van der Waals surface area contributed by atoms with Gasteiger partial charge in [-0.25, -0.2) is 0 Å². The molecule has 3 rings (SSSR count). The Balaban J connectivity index is 2.21. The van der Waals surface area contributed by atoms with E-state index in [0.29, 0.717) is 5.69 Å². The van der Waals surface area contributed by atoms with Crippen molar-refractivity contribution in [3.63, 3.8) is 0 Å². The monoisotopic (exact) mass is 247 g/mol. The van der Waals surface area contributed by atoms with Crippen LogP contribution in [0.15, 0.2) is 72.9 Å². The normalized spacial score (nSPS) is 10.3. The number of aldehydes is 1. The van der Waals surface area contributed by atoms with E-state index in [1.165, 1.54) is 0 Å². The standard InChI is InChI=1S/C17H13NO/c19-13-15-9-6-12-18(15)17-11-5-4-10-16(17)14-7-2-1-3-8-14/h1-13H. The summed E-state index contributed by atoms with van der Waals surface area (Å²) in [5.41, 5.74) is 3.93. The second-order valence-corrected chi connectivity index (χ2v) is 4.30. The van der Waals surface area contributed by atoms with E-state index in [0.717, 1.165) is 23.1 Å². The number of benzene rings is 2. The first-order chi connectivity index (χ1) is 9.40. The van der Waals surface area contributed by atoms with Crippen LogP contribution in [0.25, 0.3) is 16.8 Å². The highest BCUT2D eigenvalue weighted by Crippen LogP contribution is 2.27. The zero-order valence-electron chi connectivity index (χ0n) is 10.4. The Hall–Kier alpha value is -2.61. The van der Waals surface area contributed by atoms with Crippen molar-refractivity contribution >= 4 is 6.29 Å². The average Bonchev–Trinajstić information content (AvgIpc) is 2.96. The van der Waals surface area contributed by atoms with Crippen molar-refractivity contribution in [2.45, 2.75) is 0 Å². The molecule has 0 aliphatic carbocycles. The molecule has 2 aromatic carbocycles. The van der Waals surface area contributed by atoms with Crippen LogP contribution in [0.3, 0.4) is 0 Å². The zero-order valence-corrected chi connectivity index (χ0v) is 10.4. The van der Waals surface area contributed by atoms with Crippen LogP contribution in [0.2, 0.25) is 0 Å². The summed E-state index contributed by atoms with van der Waals surface area (Å²) in [6.45, 7) is 0. The maximum atomic E-state index is 11.1. The van der Waals surface area contributed by atoms with E-state index in [1.54, 1.807) is 0 Å². The molecule has 0 N–H and O–H groups in total. The summed E-state index contributed by atoms with van der Waals surface area (Å²) >= 11 is 0. The maximum Gasteiger partial charge on any atom is 0.166 e. The fraction of sp³-hybridized carbons (Fsp3) is 0. The molecule has 0 atom stereocenters. The molecule has 0 aliphatic heterocycles. The number of nitrogens with zero attached hydrogens (tertiary/aromatic N) is 1. The number of carbonyl (C=O) groups is 1. The highest BCUT2D eigenvalue weighted by atomic mass is 16.1. The third-order valence-corrected chi connectivity index (χ3v) is 3.15. The van der Waals surface area contributed by atoms with E-state index in [1.807, 2.05) is 59.3 Å². The Morgan fingerprint density at radius 1 is 0.789 bits per heavy atom. The maximum absolute atomic E-state index is 11.1. The summed E-state index contributed by atoms with van der Waals surface area (Å²) in [5.74, 6) is 0. The van der Waals surface area contributed by atoms with Crippen molar-refractivity contribution in [3.05, 3.63) is 78.6 Å². The number of rotatable bonds is 3. The molecule has 3 aromatic rings. The summed E-state index contributed by atoms with van der Waals surface area (Å²) in [5, 5.41) is 0. The van der Waals surface area contributed by atoms with Crippen LogP contribution < -0.4 is 0 Å². The lowest BCUT2D eigenvalue weighted by atomic mass is 10.0. The van der Waals surface area contributed by atoms with Crippen LogP contribution in [-0.4, -0.2) is 10.9 Å². The first-order valence-electron chi connectivity index (χ1n) is 6.17. The Bertz CT molecular complexity index is 698. The third kappa shape index (κ3) is 2.08. The van der Waals surface area contributed by atoms with Gasteiger partial charge in [0.1, 0.15) is 0 Å². The molecule has 2 heteroatoms. The van der Waals surface area contributed by atoms with E-state index < -0.39 is 0 Å². The van der Waals surface area contributed by atoms with Crippen molar-refractivity contribution in [2.24, 2.45) is 0 Å². The van der Waals surface area contributed by atoms with Crippen molar-refractivity contribution in [3.8, 4) is 16.8 Å². The second kappa shape index (κ2) is 4.94. The lowest BCUT2D eigenvalue weighted by Gasteiger charge is -2.12. The summed E-state index contributed by atoms with van der Waals surface area (Å²) in [4.78, 5) is 11.1. The second-order valence-electron chi connectivity index (χ2n) is 4.30. The van der Waals surface area contributed by atoms with E-state index in [2.05, 4.69) is 18.2 Å². The molecule has 0 radical (unpaired) electrons. The lowest BCUT2D eigenvalue weighted by molar-refractivity contribution is 0.111. The molecule has 0 aliphatic rings. The van der Waals surface area contributed by atoms with Crippen molar-refractivity contribution in [2.75, 3.05) is 0 Å². The molecule has 0 bridgehead atoms. The van der Waals surface area contributed by atoms with Gasteiger partial charge in [0.15, 0.2) is 6.29 Å². The van der Waals surface area contributed by atoms with Gasteiger partial charge >= 0.3 is 0 Å². The minimum absolute atomic E-state index is 0.656. The molecule has 2 nitrogen and oxygen atoms in total. The van der Waals surface area contributed by atoms with Crippen LogP contribution in [0.1, 0.15) is 10.5 Å². The molecule has 0 spiro atoms. The number of hydrogen-bond donors (Lipinski definition) is 0. The molecule has 0 amide bonds. The highest BCUT2D eigenvalue weighted by Gasteiger charge is 2.08. The predicted octanol–water partition coefficient (Wildman–Crippen LogP) is 3.96.